The Hall–Kier alpha value is -1.32. The average molecular weight is 278 g/mol. The van der Waals surface area contributed by atoms with Crippen LogP contribution in [0.2, 0.25) is 0 Å². The van der Waals surface area contributed by atoms with Gasteiger partial charge in [-0.3, -0.25) is 0 Å². The highest BCUT2D eigenvalue weighted by atomic mass is 15.2. The summed E-state index contributed by atoms with van der Waals surface area (Å²) < 4.78 is 0. The fourth-order valence-corrected chi connectivity index (χ4v) is 2.21. The molecule has 0 fully saturated rings. The summed E-state index contributed by atoms with van der Waals surface area (Å²) in [4.78, 5) is 11.5. The predicted molar refractivity (Wildman–Crippen MR) is 87.6 cm³/mol. The largest absolute Gasteiger partial charge is 0.370 e. The van der Waals surface area contributed by atoms with Gasteiger partial charge < -0.3 is 10.2 Å². The van der Waals surface area contributed by atoms with Crippen LogP contribution in [0.1, 0.15) is 59.2 Å². The summed E-state index contributed by atoms with van der Waals surface area (Å²) in [5.74, 6) is 2.82. The van der Waals surface area contributed by atoms with Gasteiger partial charge in [0.25, 0.3) is 0 Å². The van der Waals surface area contributed by atoms with Crippen LogP contribution >= 0.6 is 0 Å². The molecule has 0 unspecified atom stereocenters. The van der Waals surface area contributed by atoms with E-state index in [0.29, 0.717) is 6.04 Å². The van der Waals surface area contributed by atoms with Crippen molar-refractivity contribution in [3.8, 4) is 0 Å². The Labute approximate surface area is 124 Å². The predicted octanol–water partition coefficient (Wildman–Crippen LogP) is 4.01. The number of nitrogens with one attached hydrogen (secondary N) is 1. The zero-order valence-electron chi connectivity index (χ0n) is 13.7. The van der Waals surface area contributed by atoms with Crippen molar-refractivity contribution in [2.24, 2.45) is 0 Å². The molecule has 4 heteroatoms. The van der Waals surface area contributed by atoms with Crippen LogP contribution in [-0.4, -0.2) is 29.1 Å². The molecule has 0 aliphatic heterocycles. The van der Waals surface area contributed by atoms with Gasteiger partial charge in [-0.2, -0.15) is 0 Å². The van der Waals surface area contributed by atoms with E-state index in [9.17, 15) is 0 Å². The first-order chi connectivity index (χ1) is 9.58. The van der Waals surface area contributed by atoms with E-state index < -0.39 is 0 Å². The van der Waals surface area contributed by atoms with E-state index >= 15 is 0 Å². The van der Waals surface area contributed by atoms with Crippen LogP contribution in [0.15, 0.2) is 6.07 Å². The second-order valence-corrected chi connectivity index (χ2v) is 5.58. The van der Waals surface area contributed by atoms with E-state index in [1.807, 2.05) is 6.92 Å². The van der Waals surface area contributed by atoms with Crippen molar-refractivity contribution in [2.45, 2.75) is 66.3 Å². The number of hydrogen-bond acceptors (Lipinski definition) is 4. The second kappa shape index (κ2) is 8.77. The topological polar surface area (TPSA) is 41.0 Å². The van der Waals surface area contributed by atoms with Crippen LogP contribution in [0.25, 0.3) is 0 Å². The van der Waals surface area contributed by atoms with Crippen LogP contribution in [0.5, 0.6) is 0 Å². The number of nitrogens with zero attached hydrogens (tertiary/aromatic N) is 3. The summed E-state index contributed by atoms with van der Waals surface area (Å²) in [6.07, 6.45) is 4.84. The molecular formula is C16H30N4. The maximum Gasteiger partial charge on any atom is 0.134 e. The minimum Gasteiger partial charge on any atom is -0.370 e. The monoisotopic (exact) mass is 278 g/mol. The van der Waals surface area contributed by atoms with Gasteiger partial charge in [0.2, 0.25) is 0 Å². The molecule has 1 aromatic heterocycles. The summed E-state index contributed by atoms with van der Waals surface area (Å²) in [7, 11) is 0. The normalized spacial score (nSPS) is 10.9. The lowest BCUT2D eigenvalue weighted by Gasteiger charge is -2.28. The van der Waals surface area contributed by atoms with Gasteiger partial charge in [0, 0.05) is 25.2 Å². The third-order valence-electron chi connectivity index (χ3n) is 3.30. The first-order valence-corrected chi connectivity index (χ1v) is 7.94. The van der Waals surface area contributed by atoms with Gasteiger partial charge in [-0.15, -0.1) is 0 Å². The Bertz CT molecular complexity index is 390. The minimum atomic E-state index is 0.459. The van der Waals surface area contributed by atoms with Crippen LogP contribution in [0.4, 0.5) is 11.6 Å². The zero-order valence-corrected chi connectivity index (χ0v) is 13.7. The minimum absolute atomic E-state index is 0.459. The Morgan fingerprint density at radius 1 is 1.15 bits per heavy atom. The summed E-state index contributed by atoms with van der Waals surface area (Å²) in [6.45, 7) is 12.8. The van der Waals surface area contributed by atoms with Gasteiger partial charge in [-0.25, -0.2) is 9.97 Å². The highest BCUT2D eigenvalue weighted by molar-refractivity contribution is 5.49. The number of hydrogen-bond donors (Lipinski definition) is 1. The maximum absolute atomic E-state index is 4.62. The Kier molecular flexibility index (Phi) is 7.34. The van der Waals surface area contributed by atoms with Gasteiger partial charge in [0.15, 0.2) is 0 Å². The third kappa shape index (κ3) is 5.35. The molecule has 0 aromatic carbocycles. The molecule has 0 saturated heterocycles. The first-order valence-electron chi connectivity index (χ1n) is 7.94. The lowest BCUT2D eigenvalue weighted by atomic mass is 10.2. The molecule has 0 saturated carbocycles. The molecule has 0 atom stereocenters. The van der Waals surface area contributed by atoms with Crippen LogP contribution < -0.4 is 10.2 Å². The lowest BCUT2D eigenvalue weighted by molar-refractivity contribution is 0.618. The Morgan fingerprint density at radius 3 is 2.50 bits per heavy atom. The number of aryl methyl sites for hydroxylation is 1. The fraction of sp³-hybridized carbons (Fsp3) is 0.750. The molecule has 0 amide bonds. The summed E-state index contributed by atoms with van der Waals surface area (Å²) in [6, 6.07) is 2.54. The quantitative estimate of drug-likeness (QED) is 0.693. The fourth-order valence-electron chi connectivity index (χ4n) is 2.21. The van der Waals surface area contributed by atoms with Crippen molar-refractivity contribution in [3.05, 3.63) is 11.9 Å². The molecule has 20 heavy (non-hydrogen) atoms. The van der Waals surface area contributed by atoms with Crippen molar-refractivity contribution in [3.63, 3.8) is 0 Å². The molecule has 1 heterocycles. The van der Waals surface area contributed by atoms with Gasteiger partial charge in [0.1, 0.15) is 17.5 Å². The summed E-state index contributed by atoms with van der Waals surface area (Å²) in [5, 5.41) is 3.36. The summed E-state index contributed by atoms with van der Waals surface area (Å²) >= 11 is 0. The van der Waals surface area contributed by atoms with Crippen LogP contribution in [0, 0.1) is 6.92 Å². The smallest absolute Gasteiger partial charge is 0.134 e. The molecule has 1 aromatic rings. The number of anilines is 2. The van der Waals surface area contributed by atoms with Gasteiger partial charge in [-0.1, -0.05) is 26.7 Å². The first kappa shape index (κ1) is 16.7. The van der Waals surface area contributed by atoms with Crippen molar-refractivity contribution in [1.82, 2.24) is 9.97 Å². The van der Waals surface area contributed by atoms with E-state index in [1.54, 1.807) is 0 Å². The molecule has 0 aliphatic carbocycles. The Balaban J connectivity index is 2.85. The molecule has 4 nitrogen and oxygen atoms in total. The molecule has 0 aliphatic rings. The molecule has 1 N–H and O–H groups in total. The zero-order chi connectivity index (χ0) is 15.0. The number of aromatic nitrogens is 2. The van der Waals surface area contributed by atoms with Crippen molar-refractivity contribution in [1.29, 1.82) is 0 Å². The standard InChI is InChI=1S/C16H30N4/c1-6-8-9-11-20(13(3)4)16-12-15(17-10-7-2)18-14(5)19-16/h12-13H,6-11H2,1-5H3,(H,17,18,19). The third-order valence-corrected chi connectivity index (χ3v) is 3.30. The highest BCUT2D eigenvalue weighted by Gasteiger charge is 2.13. The number of rotatable bonds is 9. The lowest BCUT2D eigenvalue weighted by Crippen LogP contribution is -2.32. The van der Waals surface area contributed by atoms with Crippen LogP contribution in [-0.2, 0) is 0 Å². The second-order valence-electron chi connectivity index (χ2n) is 5.58. The van der Waals surface area contributed by atoms with E-state index in [1.165, 1.54) is 19.3 Å². The van der Waals surface area contributed by atoms with E-state index in [0.717, 1.165) is 37.0 Å². The molecule has 114 valence electrons. The van der Waals surface area contributed by atoms with Crippen molar-refractivity contribution >= 4 is 11.6 Å². The van der Waals surface area contributed by atoms with E-state index in [2.05, 4.69) is 53.9 Å². The van der Waals surface area contributed by atoms with Crippen molar-refractivity contribution in [2.75, 3.05) is 23.3 Å². The highest BCUT2D eigenvalue weighted by Crippen LogP contribution is 2.19. The Morgan fingerprint density at radius 2 is 1.90 bits per heavy atom. The molecular weight excluding hydrogens is 248 g/mol. The van der Waals surface area contributed by atoms with Gasteiger partial charge in [0.05, 0.1) is 0 Å². The molecule has 0 bridgehead atoms. The van der Waals surface area contributed by atoms with Crippen molar-refractivity contribution < 1.29 is 0 Å². The average Bonchev–Trinajstić information content (AvgIpc) is 2.40. The van der Waals surface area contributed by atoms with E-state index in [4.69, 9.17) is 0 Å². The maximum atomic E-state index is 4.62. The summed E-state index contributed by atoms with van der Waals surface area (Å²) in [5.41, 5.74) is 0. The van der Waals surface area contributed by atoms with Gasteiger partial charge in [-0.05, 0) is 33.6 Å². The number of unbranched alkanes of at least 4 members (excludes halogenated alkanes) is 2. The molecule has 1 rings (SSSR count). The molecule has 0 spiro atoms. The van der Waals surface area contributed by atoms with Gasteiger partial charge >= 0.3 is 0 Å². The molecule has 0 radical (unpaired) electrons. The van der Waals surface area contributed by atoms with E-state index in [-0.39, 0.29) is 0 Å². The van der Waals surface area contributed by atoms with Crippen LogP contribution in [0.3, 0.4) is 0 Å². The SMILES string of the molecule is CCCCCN(c1cc(NCCC)nc(C)n1)C(C)C.